The first-order valence-electron chi connectivity index (χ1n) is 7.18. The molecule has 0 bridgehead atoms. The number of primary amides is 1. The fourth-order valence-electron chi connectivity index (χ4n) is 2.16. The summed E-state index contributed by atoms with van der Waals surface area (Å²) in [5, 5.41) is 10.0. The molecule has 122 valence electrons. The molecule has 0 radical (unpaired) electrons. The molecule has 2 atom stereocenters. The van der Waals surface area contributed by atoms with E-state index >= 15 is 0 Å². The highest BCUT2D eigenvalue weighted by atomic mass is 19.1. The molecule has 5 nitrogen and oxygen atoms in total. The Bertz CT molecular complexity index is 659. The quantitative estimate of drug-likeness (QED) is 0.650. The minimum Gasteiger partial charge on any atom is -0.486 e. The molecule has 0 spiro atoms. The zero-order valence-corrected chi connectivity index (χ0v) is 12.9. The van der Waals surface area contributed by atoms with Gasteiger partial charge in [-0.3, -0.25) is 5.21 Å². The number of ether oxygens (including phenoxy) is 1. The highest BCUT2D eigenvalue weighted by molar-refractivity contribution is 5.71. The molecule has 0 aliphatic rings. The van der Waals surface area contributed by atoms with Gasteiger partial charge in [-0.2, -0.15) is 5.06 Å². The first-order chi connectivity index (χ1) is 10.9. The first kappa shape index (κ1) is 16.8. The molecule has 2 amide bonds. The van der Waals surface area contributed by atoms with Crippen LogP contribution in [0.5, 0.6) is 5.75 Å². The van der Waals surface area contributed by atoms with E-state index in [1.165, 1.54) is 12.1 Å². The average Bonchev–Trinajstić information content (AvgIpc) is 2.54. The molecule has 0 aromatic heterocycles. The summed E-state index contributed by atoms with van der Waals surface area (Å²) in [7, 11) is 0. The number of rotatable bonds is 5. The highest BCUT2D eigenvalue weighted by Crippen LogP contribution is 2.25. The predicted molar refractivity (Wildman–Crippen MR) is 83.5 cm³/mol. The molecule has 2 rings (SSSR count). The standard InChI is InChI=1S/C17H19FN2O3/c1-11(20(22)17(19)21)13-5-9-16(10-6-13)23-12(2)14-3-7-15(18)8-4-14/h3-12,22H,1-2H3,(H2,19,21). The summed E-state index contributed by atoms with van der Waals surface area (Å²) in [6, 6.07) is 11.6. The van der Waals surface area contributed by atoms with Crippen LogP contribution < -0.4 is 10.5 Å². The second kappa shape index (κ2) is 7.11. The average molecular weight is 318 g/mol. The third kappa shape index (κ3) is 4.20. The monoisotopic (exact) mass is 318 g/mol. The van der Waals surface area contributed by atoms with E-state index in [9.17, 15) is 14.4 Å². The molecule has 0 aliphatic heterocycles. The van der Waals surface area contributed by atoms with Gasteiger partial charge in [0, 0.05) is 0 Å². The maximum atomic E-state index is 12.9. The van der Waals surface area contributed by atoms with Gasteiger partial charge < -0.3 is 10.5 Å². The summed E-state index contributed by atoms with van der Waals surface area (Å²) >= 11 is 0. The van der Waals surface area contributed by atoms with Crippen LogP contribution in [-0.4, -0.2) is 16.3 Å². The van der Waals surface area contributed by atoms with E-state index < -0.39 is 12.1 Å². The molecule has 0 saturated heterocycles. The molecule has 0 fully saturated rings. The van der Waals surface area contributed by atoms with Gasteiger partial charge in [-0.05, 0) is 49.2 Å². The van der Waals surface area contributed by atoms with E-state index in [1.54, 1.807) is 43.3 Å². The lowest BCUT2D eigenvalue weighted by atomic mass is 10.1. The summed E-state index contributed by atoms with van der Waals surface area (Å²) < 4.78 is 18.7. The fourth-order valence-corrected chi connectivity index (χ4v) is 2.16. The Kier molecular flexibility index (Phi) is 5.18. The van der Waals surface area contributed by atoms with Crippen molar-refractivity contribution in [3.8, 4) is 5.75 Å². The number of amides is 2. The van der Waals surface area contributed by atoms with Gasteiger partial charge in [-0.1, -0.05) is 24.3 Å². The number of hydroxylamine groups is 2. The largest absolute Gasteiger partial charge is 0.486 e. The van der Waals surface area contributed by atoms with Crippen LogP contribution >= 0.6 is 0 Å². The smallest absolute Gasteiger partial charge is 0.339 e. The lowest BCUT2D eigenvalue weighted by Gasteiger charge is -2.21. The SMILES string of the molecule is CC(Oc1ccc(C(C)N(O)C(N)=O)cc1)c1ccc(F)cc1. The molecule has 6 heteroatoms. The van der Waals surface area contributed by atoms with Crippen molar-refractivity contribution >= 4 is 6.03 Å². The van der Waals surface area contributed by atoms with Crippen LogP contribution in [0.1, 0.15) is 37.1 Å². The van der Waals surface area contributed by atoms with Crippen LogP contribution in [0.25, 0.3) is 0 Å². The summed E-state index contributed by atoms with van der Waals surface area (Å²) in [5.41, 5.74) is 6.61. The molecular weight excluding hydrogens is 299 g/mol. The highest BCUT2D eigenvalue weighted by Gasteiger charge is 2.17. The molecular formula is C17H19FN2O3. The van der Waals surface area contributed by atoms with Crippen LogP contribution in [0.3, 0.4) is 0 Å². The number of halogens is 1. The number of carbonyl (C=O) groups is 1. The number of benzene rings is 2. The number of nitrogens with two attached hydrogens (primary N) is 1. The van der Waals surface area contributed by atoms with Crippen molar-refractivity contribution < 1.29 is 19.1 Å². The Morgan fingerprint density at radius 1 is 1.09 bits per heavy atom. The van der Waals surface area contributed by atoms with E-state index in [4.69, 9.17) is 10.5 Å². The van der Waals surface area contributed by atoms with Crippen LogP contribution in [0, 0.1) is 5.82 Å². The molecule has 2 unspecified atom stereocenters. The third-order valence-electron chi connectivity index (χ3n) is 3.61. The van der Waals surface area contributed by atoms with E-state index in [-0.39, 0.29) is 11.9 Å². The van der Waals surface area contributed by atoms with Gasteiger partial charge in [-0.25, -0.2) is 9.18 Å². The molecule has 3 N–H and O–H groups in total. The second-order valence-electron chi connectivity index (χ2n) is 5.24. The molecule has 0 aliphatic carbocycles. The number of hydrogen-bond donors (Lipinski definition) is 2. The van der Waals surface area contributed by atoms with Crippen molar-refractivity contribution in [3.05, 3.63) is 65.5 Å². The van der Waals surface area contributed by atoms with Crippen molar-refractivity contribution in [2.75, 3.05) is 0 Å². The Balaban J connectivity index is 2.05. The summed E-state index contributed by atoms with van der Waals surface area (Å²) in [4.78, 5) is 11.0. The van der Waals surface area contributed by atoms with E-state index in [2.05, 4.69) is 0 Å². The summed E-state index contributed by atoms with van der Waals surface area (Å²) in [6.45, 7) is 3.52. The second-order valence-corrected chi connectivity index (χ2v) is 5.24. The van der Waals surface area contributed by atoms with Crippen molar-refractivity contribution in [1.82, 2.24) is 5.06 Å². The van der Waals surface area contributed by atoms with Gasteiger partial charge in [0.25, 0.3) is 0 Å². The van der Waals surface area contributed by atoms with Gasteiger partial charge in [0.1, 0.15) is 17.7 Å². The van der Waals surface area contributed by atoms with E-state index in [1.807, 2.05) is 6.92 Å². The zero-order chi connectivity index (χ0) is 17.0. The van der Waals surface area contributed by atoms with Crippen molar-refractivity contribution in [1.29, 1.82) is 0 Å². The lowest BCUT2D eigenvalue weighted by molar-refractivity contribution is -0.0710. The molecule has 0 saturated carbocycles. The van der Waals surface area contributed by atoms with Gasteiger partial charge >= 0.3 is 6.03 Å². The van der Waals surface area contributed by atoms with E-state index in [0.29, 0.717) is 16.4 Å². The maximum absolute atomic E-state index is 12.9. The molecule has 0 heterocycles. The van der Waals surface area contributed by atoms with Gasteiger partial charge in [0.05, 0.1) is 6.04 Å². The minimum atomic E-state index is -0.914. The van der Waals surface area contributed by atoms with Crippen molar-refractivity contribution in [2.45, 2.75) is 26.0 Å². The fraction of sp³-hybridized carbons (Fsp3) is 0.235. The predicted octanol–water partition coefficient (Wildman–Crippen LogP) is 3.80. The maximum Gasteiger partial charge on any atom is 0.339 e. The van der Waals surface area contributed by atoms with E-state index in [0.717, 1.165) is 5.56 Å². The normalized spacial score (nSPS) is 13.2. The molecule has 2 aromatic carbocycles. The number of carbonyl (C=O) groups excluding carboxylic acids is 1. The Labute approximate surface area is 134 Å². The van der Waals surface area contributed by atoms with Gasteiger partial charge in [0.2, 0.25) is 0 Å². The number of hydrogen-bond acceptors (Lipinski definition) is 3. The van der Waals surface area contributed by atoms with Gasteiger partial charge in [-0.15, -0.1) is 0 Å². The summed E-state index contributed by atoms with van der Waals surface area (Å²) in [6.07, 6.45) is -0.237. The topological polar surface area (TPSA) is 75.8 Å². The van der Waals surface area contributed by atoms with Crippen LogP contribution in [0.15, 0.2) is 48.5 Å². The summed E-state index contributed by atoms with van der Waals surface area (Å²) in [5.74, 6) is 0.337. The molecule has 2 aromatic rings. The minimum absolute atomic E-state index is 0.237. The van der Waals surface area contributed by atoms with Crippen molar-refractivity contribution in [2.24, 2.45) is 5.73 Å². The Morgan fingerprint density at radius 3 is 2.13 bits per heavy atom. The van der Waals surface area contributed by atoms with Crippen LogP contribution in [-0.2, 0) is 0 Å². The zero-order valence-electron chi connectivity index (χ0n) is 12.9. The Morgan fingerprint density at radius 2 is 1.61 bits per heavy atom. The lowest BCUT2D eigenvalue weighted by Crippen LogP contribution is -2.34. The third-order valence-corrected chi connectivity index (χ3v) is 3.61. The van der Waals surface area contributed by atoms with Crippen LogP contribution in [0.2, 0.25) is 0 Å². The Hall–Kier alpha value is -2.60. The van der Waals surface area contributed by atoms with Crippen LogP contribution in [0.4, 0.5) is 9.18 Å². The van der Waals surface area contributed by atoms with Crippen molar-refractivity contribution in [3.63, 3.8) is 0 Å². The number of urea groups is 1. The number of nitrogens with zero attached hydrogens (tertiary/aromatic N) is 1. The molecule has 23 heavy (non-hydrogen) atoms. The first-order valence-corrected chi connectivity index (χ1v) is 7.18. The van der Waals surface area contributed by atoms with Gasteiger partial charge in [0.15, 0.2) is 0 Å².